The molecule has 0 bridgehead atoms. The standard InChI is InChI=1S/C22H17F5N6O3.C21H16F5N7O3.C21H20F2N6O2/c1-12(34)21(35,22(25,26)27)11-29-19-15(24)9-28-20(30-19)17-8-18(16-6-7-36-32-16)33(31-17)10-13-4-2-3-5-14(13)23;22-12-4-2-1-3-11(12)9-33-16(14-5-6-36-32-14)7-15(31-33)18-28-8-13(23)17(30-18)29-10-20(35,19(27)34)21(24,25)26;1-21(2,30)12-25-19-15(23)10-24-20(26-19)17-9-18(16-7-8-31-28-16)29(27-17)11-13-5-3-4-6-14(13)22/h2-9,35H,10-11H2,1H3,(H,28,29,30);1-8,35H,9-10H2,(H2,27,34)(H,28,29,30);3-10,30H,11-12H2,1-2H3,(H,24,25,26)/t21-;20-;/m01./s1. The molecule has 0 saturated heterocycles. The highest BCUT2D eigenvalue weighted by atomic mass is 19.4. The Morgan fingerprint density at radius 1 is 0.447 bits per heavy atom. The van der Waals surface area contributed by atoms with Gasteiger partial charge < -0.3 is 50.6 Å². The molecule has 27 nitrogen and oxygen atoms in total. The van der Waals surface area contributed by atoms with Crippen LogP contribution < -0.4 is 21.7 Å². The summed E-state index contributed by atoms with van der Waals surface area (Å²) in [5, 5.41) is 60.8. The minimum absolute atomic E-state index is 0.0294. The van der Waals surface area contributed by atoms with Gasteiger partial charge >= 0.3 is 12.4 Å². The van der Waals surface area contributed by atoms with E-state index in [1.54, 1.807) is 73.1 Å². The zero-order chi connectivity index (χ0) is 74.2. The van der Waals surface area contributed by atoms with Gasteiger partial charge in [-0.1, -0.05) is 70.1 Å². The number of nitrogens with two attached hydrogens (primary N) is 1. The van der Waals surface area contributed by atoms with Crippen molar-refractivity contribution in [1.29, 1.82) is 0 Å². The van der Waals surface area contributed by atoms with Crippen molar-refractivity contribution in [2.75, 3.05) is 35.6 Å². The van der Waals surface area contributed by atoms with E-state index in [0.717, 1.165) is 6.20 Å². The van der Waals surface area contributed by atoms with Crippen molar-refractivity contribution in [2.24, 2.45) is 5.73 Å². The summed E-state index contributed by atoms with van der Waals surface area (Å²) in [6.45, 7) is 1.01. The van der Waals surface area contributed by atoms with Crippen molar-refractivity contribution < 1.29 is 91.2 Å². The predicted octanol–water partition coefficient (Wildman–Crippen LogP) is 9.63. The molecule has 8 N–H and O–H groups in total. The monoisotopic (exact) mass is 1440 g/mol. The first-order chi connectivity index (χ1) is 48.8. The lowest BCUT2D eigenvalue weighted by atomic mass is 9.99. The normalized spacial score (nSPS) is 12.9. The smallest absolute Gasteiger partial charge is 0.389 e. The maximum Gasteiger partial charge on any atom is 0.428 e. The van der Waals surface area contributed by atoms with Crippen LogP contribution >= 0.6 is 0 Å². The van der Waals surface area contributed by atoms with Gasteiger partial charge in [0.2, 0.25) is 5.60 Å². The molecular weight excluding hydrogens is 1390 g/mol. The number of alkyl halides is 6. The maximum atomic E-state index is 14.3. The van der Waals surface area contributed by atoms with Crippen LogP contribution in [0.2, 0.25) is 0 Å². The number of carbonyl (C=O) groups excluding carboxylic acids is 2. The Labute approximate surface area is 571 Å². The minimum Gasteiger partial charge on any atom is -0.389 e. The molecule has 12 rings (SSSR count). The Hall–Kier alpha value is -12.3. The molecule has 0 aliphatic heterocycles. The number of hydrogen-bond acceptors (Lipinski definition) is 23. The molecule has 0 aliphatic carbocycles. The van der Waals surface area contributed by atoms with Gasteiger partial charge in [0.15, 0.2) is 58.2 Å². The van der Waals surface area contributed by atoms with Crippen molar-refractivity contribution >= 4 is 29.1 Å². The minimum atomic E-state index is -5.43. The number of nitrogens with one attached hydrogen (secondary N) is 3. The van der Waals surface area contributed by atoms with Gasteiger partial charge in [-0.25, -0.2) is 56.2 Å². The van der Waals surface area contributed by atoms with Crippen LogP contribution in [0.1, 0.15) is 37.5 Å². The van der Waals surface area contributed by atoms with Gasteiger partial charge in [-0.2, -0.15) is 41.6 Å². The first-order valence-corrected chi connectivity index (χ1v) is 29.9. The Bertz CT molecular complexity index is 4720. The molecule has 103 heavy (non-hydrogen) atoms. The molecule has 1 amide bonds. The highest BCUT2D eigenvalue weighted by Crippen LogP contribution is 2.35. The molecule has 9 aromatic heterocycles. The Morgan fingerprint density at radius 2 is 0.748 bits per heavy atom. The van der Waals surface area contributed by atoms with Gasteiger partial charge in [-0.3, -0.25) is 23.6 Å². The highest BCUT2D eigenvalue weighted by molar-refractivity contribution is 5.86. The van der Waals surface area contributed by atoms with E-state index in [9.17, 15) is 77.6 Å². The molecule has 0 spiro atoms. The van der Waals surface area contributed by atoms with E-state index in [-0.39, 0.29) is 72.2 Å². The predicted molar refractivity (Wildman–Crippen MR) is 336 cm³/mol. The number of carbonyl (C=O) groups is 2. The van der Waals surface area contributed by atoms with E-state index < -0.39 is 94.7 Å². The van der Waals surface area contributed by atoms with Gasteiger partial charge in [-0.15, -0.1) is 0 Å². The topological polar surface area (TPSA) is 366 Å². The molecule has 0 unspecified atom stereocenters. The third kappa shape index (κ3) is 17.1. The number of hydrogen-bond donors (Lipinski definition) is 7. The van der Waals surface area contributed by atoms with Crippen LogP contribution in [-0.4, -0.2) is 151 Å². The fourth-order valence-electron chi connectivity index (χ4n) is 9.27. The van der Waals surface area contributed by atoms with Crippen molar-refractivity contribution in [3.8, 4) is 68.7 Å². The molecule has 9 heterocycles. The molecular formula is C64H53F12N19O8. The molecule has 2 atom stereocenters. The fraction of sp³-hybridized carbons (Fsp3) is 0.219. The van der Waals surface area contributed by atoms with Gasteiger partial charge in [0.25, 0.3) is 11.5 Å². The number of anilines is 3. The van der Waals surface area contributed by atoms with Gasteiger partial charge in [-0.05, 0) is 57.2 Å². The number of nitrogens with zero attached hydrogens (tertiary/aromatic N) is 15. The summed E-state index contributed by atoms with van der Waals surface area (Å²) in [5.74, 6) is -9.73. The summed E-state index contributed by atoms with van der Waals surface area (Å²) in [5.41, 5.74) is -0.195. The lowest BCUT2D eigenvalue weighted by Gasteiger charge is -2.28. The number of halogens is 12. The number of primary amides is 1. The van der Waals surface area contributed by atoms with E-state index in [2.05, 4.69) is 66.0 Å². The van der Waals surface area contributed by atoms with Crippen LogP contribution in [0.3, 0.4) is 0 Å². The van der Waals surface area contributed by atoms with E-state index in [1.807, 2.05) is 10.6 Å². The summed E-state index contributed by atoms with van der Waals surface area (Å²) in [7, 11) is 0. The molecule has 536 valence electrons. The summed E-state index contributed by atoms with van der Waals surface area (Å²) < 4.78 is 183. The van der Waals surface area contributed by atoms with Crippen LogP contribution in [0.25, 0.3) is 68.7 Å². The van der Waals surface area contributed by atoms with Gasteiger partial charge in [0, 0.05) is 41.4 Å². The lowest BCUT2D eigenvalue weighted by molar-refractivity contribution is -0.245. The van der Waals surface area contributed by atoms with Gasteiger partial charge in [0.05, 0.1) is 74.0 Å². The maximum absolute atomic E-state index is 14.3. The number of benzene rings is 3. The SMILES string of the molecule is CC(=O)[C@@](O)(CNc1nc(-c2cc(-c3ccon3)n(Cc3ccccc3F)n2)ncc1F)C(F)(F)F.CC(C)(O)CNc1nc(-c2cc(-c3ccon3)n(Cc3ccccc3F)n2)ncc1F.NC(=O)[C@](O)(CNc1nc(-c2cc(-c3ccon3)n(Cc3ccccc3F)n2)ncc1F)C(F)(F)F. The van der Waals surface area contributed by atoms with Crippen molar-refractivity contribution in [3.63, 3.8) is 0 Å². The fourth-order valence-corrected chi connectivity index (χ4v) is 9.27. The number of aliphatic hydroxyl groups is 3. The number of ketones is 1. The highest BCUT2D eigenvalue weighted by Gasteiger charge is 2.59. The second-order valence-corrected chi connectivity index (χ2v) is 22.8. The Kier molecular flexibility index (Phi) is 21.6. The number of amides is 1. The van der Waals surface area contributed by atoms with Crippen LogP contribution in [0, 0.1) is 34.9 Å². The van der Waals surface area contributed by atoms with Crippen molar-refractivity contribution in [2.45, 2.75) is 69.6 Å². The summed E-state index contributed by atoms with van der Waals surface area (Å²) in [6.07, 6.45) is -4.34. The number of aromatic nitrogens is 15. The quantitative estimate of drug-likeness (QED) is 0.0293. The molecule has 12 aromatic rings. The summed E-state index contributed by atoms with van der Waals surface area (Å²) in [4.78, 5) is 46.2. The van der Waals surface area contributed by atoms with Crippen molar-refractivity contribution in [3.05, 3.63) is 198 Å². The largest absolute Gasteiger partial charge is 0.428 e. The lowest BCUT2D eigenvalue weighted by Crippen LogP contribution is -2.59. The van der Waals surface area contributed by atoms with E-state index in [0.29, 0.717) is 70.3 Å². The first-order valence-electron chi connectivity index (χ1n) is 29.9. The van der Waals surface area contributed by atoms with E-state index >= 15 is 0 Å². The zero-order valence-electron chi connectivity index (χ0n) is 53.3. The molecule has 3 aromatic carbocycles. The molecule has 0 radical (unpaired) electrons. The summed E-state index contributed by atoms with van der Waals surface area (Å²) >= 11 is 0. The number of Topliss-reactive ketones (excluding diaryl/α,β-unsaturated/α-hetero) is 1. The average Bonchev–Trinajstić information content (AvgIpc) is 1.79. The second-order valence-electron chi connectivity index (χ2n) is 22.8. The molecule has 0 saturated carbocycles. The van der Waals surface area contributed by atoms with Crippen molar-refractivity contribution in [1.82, 2.24) is 74.7 Å². The van der Waals surface area contributed by atoms with Crippen LogP contribution in [-0.2, 0) is 29.2 Å². The second kappa shape index (κ2) is 30.3. The molecule has 0 fully saturated rings. The van der Waals surface area contributed by atoms with Crippen LogP contribution in [0.5, 0.6) is 0 Å². The molecule has 0 aliphatic rings. The third-order valence-electron chi connectivity index (χ3n) is 14.8. The third-order valence-corrected chi connectivity index (χ3v) is 14.8. The van der Waals surface area contributed by atoms with E-state index in [4.69, 9.17) is 19.3 Å². The molecule has 39 heteroatoms. The average molecular weight is 1440 g/mol. The zero-order valence-corrected chi connectivity index (χ0v) is 53.3. The Balaban J connectivity index is 0.000000167. The van der Waals surface area contributed by atoms with Gasteiger partial charge in [0.1, 0.15) is 70.4 Å². The van der Waals surface area contributed by atoms with Crippen LogP contribution in [0.15, 0.2) is 160 Å². The Morgan fingerprint density at radius 3 is 1.01 bits per heavy atom. The van der Waals surface area contributed by atoms with Crippen LogP contribution in [0.4, 0.5) is 70.1 Å². The first kappa shape index (κ1) is 73.5. The summed E-state index contributed by atoms with van der Waals surface area (Å²) in [6, 6.07) is 27.6. The van der Waals surface area contributed by atoms with E-state index in [1.165, 1.54) is 82.8 Å². The number of rotatable bonds is 23.